The number of rotatable bonds is 7. The van der Waals surface area contributed by atoms with E-state index in [-0.39, 0.29) is 17.9 Å². The van der Waals surface area contributed by atoms with Crippen molar-refractivity contribution in [3.8, 4) is 0 Å². The van der Waals surface area contributed by atoms with Crippen LogP contribution in [0.4, 0.5) is 0 Å². The number of carboxylic acid groups (broad SMARTS) is 1. The molecule has 27 heavy (non-hydrogen) atoms. The molecule has 0 atom stereocenters. The summed E-state index contributed by atoms with van der Waals surface area (Å²) in [5.41, 5.74) is 5.61. The maximum absolute atomic E-state index is 12.2. The van der Waals surface area contributed by atoms with Gasteiger partial charge in [0.1, 0.15) is 0 Å². The first-order valence-corrected chi connectivity index (χ1v) is 9.44. The van der Waals surface area contributed by atoms with Crippen molar-refractivity contribution in [3.63, 3.8) is 0 Å². The molecule has 0 bridgehead atoms. The van der Waals surface area contributed by atoms with Crippen molar-refractivity contribution in [3.05, 3.63) is 52.3 Å². The van der Waals surface area contributed by atoms with Crippen molar-refractivity contribution in [2.45, 2.75) is 59.0 Å². The largest absolute Gasteiger partial charge is 0.481 e. The number of aliphatic carboxylic acids is 1. The third kappa shape index (κ3) is 4.56. The predicted molar refractivity (Wildman–Crippen MR) is 103 cm³/mol. The van der Waals surface area contributed by atoms with Crippen LogP contribution in [0.5, 0.6) is 0 Å². The van der Waals surface area contributed by atoms with Crippen LogP contribution in [0.3, 0.4) is 0 Å². The first kappa shape index (κ1) is 19.1. The van der Waals surface area contributed by atoms with E-state index < -0.39 is 5.97 Å². The van der Waals surface area contributed by atoms with Gasteiger partial charge in [-0.05, 0) is 51.2 Å². The highest BCUT2D eigenvalue weighted by atomic mass is 16.4. The number of nitrogens with one attached hydrogen (secondary N) is 1. The van der Waals surface area contributed by atoms with Gasteiger partial charge in [-0.1, -0.05) is 29.8 Å². The number of carboxylic acids is 1. The standard InChI is InChI=1S/C21H27N3O3/c1-13-4-6-16(7-5-13)12-24-15(3)19(14(2)23-24)8-9-20(25)22-18-10-17(11-18)21(26)27/h4-7,17-18H,8-12H2,1-3H3,(H,22,25)(H,26,27). The summed E-state index contributed by atoms with van der Waals surface area (Å²) in [6.07, 6.45) is 2.11. The van der Waals surface area contributed by atoms with E-state index in [4.69, 9.17) is 5.11 Å². The molecule has 1 amide bonds. The zero-order valence-electron chi connectivity index (χ0n) is 16.2. The van der Waals surface area contributed by atoms with Gasteiger partial charge in [0.2, 0.25) is 5.91 Å². The summed E-state index contributed by atoms with van der Waals surface area (Å²) < 4.78 is 2.00. The van der Waals surface area contributed by atoms with Crippen LogP contribution in [0, 0.1) is 26.7 Å². The molecule has 2 aromatic rings. The van der Waals surface area contributed by atoms with Gasteiger partial charge in [0.25, 0.3) is 0 Å². The summed E-state index contributed by atoms with van der Waals surface area (Å²) in [6.45, 7) is 6.82. The monoisotopic (exact) mass is 369 g/mol. The molecule has 0 radical (unpaired) electrons. The van der Waals surface area contributed by atoms with Gasteiger partial charge in [-0.3, -0.25) is 14.3 Å². The maximum Gasteiger partial charge on any atom is 0.306 e. The lowest BCUT2D eigenvalue weighted by Gasteiger charge is -2.32. The van der Waals surface area contributed by atoms with E-state index in [0.717, 1.165) is 23.5 Å². The van der Waals surface area contributed by atoms with Crippen molar-refractivity contribution in [2.24, 2.45) is 5.92 Å². The second-order valence-corrected chi connectivity index (χ2v) is 7.56. The Morgan fingerprint density at radius 1 is 1.19 bits per heavy atom. The molecule has 0 unspecified atom stereocenters. The normalized spacial score (nSPS) is 18.8. The summed E-state index contributed by atoms with van der Waals surface area (Å²) in [6, 6.07) is 8.43. The molecule has 3 rings (SSSR count). The smallest absolute Gasteiger partial charge is 0.306 e. The highest BCUT2D eigenvalue weighted by Crippen LogP contribution is 2.27. The first-order chi connectivity index (χ1) is 12.8. The van der Waals surface area contributed by atoms with Crippen molar-refractivity contribution in [2.75, 3.05) is 0 Å². The van der Waals surface area contributed by atoms with Crippen LogP contribution in [0.25, 0.3) is 0 Å². The second-order valence-electron chi connectivity index (χ2n) is 7.56. The zero-order chi connectivity index (χ0) is 19.6. The Morgan fingerprint density at radius 3 is 2.48 bits per heavy atom. The van der Waals surface area contributed by atoms with Crippen LogP contribution >= 0.6 is 0 Å². The molecule has 1 aliphatic rings. The SMILES string of the molecule is Cc1ccc(Cn2nc(C)c(CCC(=O)NC3CC(C(=O)O)C3)c2C)cc1. The van der Waals surface area contributed by atoms with Crippen LogP contribution in [-0.2, 0) is 22.6 Å². The molecule has 2 N–H and O–H groups in total. The molecule has 1 fully saturated rings. The summed E-state index contributed by atoms with van der Waals surface area (Å²) in [7, 11) is 0. The Hall–Kier alpha value is -2.63. The average molecular weight is 369 g/mol. The molecule has 1 aromatic heterocycles. The van der Waals surface area contributed by atoms with Crippen LogP contribution in [0.1, 0.15) is 47.3 Å². The second kappa shape index (κ2) is 7.94. The Kier molecular flexibility index (Phi) is 5.63. The Balaban J connectivity index is 1.54. The molecule has 0 saturated heterocycles. The molecular formula is C21H27N3O3. The number of hydrogen-bond acceptors (Lipinski definition) is 3. The van der Waals surface area contributed by atoms with Gasteiger partial charge >= 0.3 is 5.97 Å². The summed E-state index contributed by atoms with van der Waals surface area (Å²) in [5.74, 6) is -1.10. The van der Waals surface area contributed by atoms with E-state index >= 15 is 0 Å². The zero-order valence-corrected chi connectivity index (χ0v) is 16.2. The van der Waals surface area contributed by atoms with Gasteiger partial charge in [0.15, 0.2) is 0 Å². The number of amides is 1. The quantitative estimate of drug-likeness (QED) is 0.786. The third-order valence-corrected chi connectivity index (χ3v) is 5.44. The lowest BCUT2D eigenvalue weighted by molar-refractivity contribution is -0.146. The van der Waals surface area contributed by atoms with E-state index in [1.165, 1.54) is 11.1 Å². The van der Waals surface area contributed by atoms with Gasteiger partial charge < -0.3 is 10.4 Å². The van der Waals surface area contributed by atoms with Crippen LogP contribution in [0.2, 0.25) is 0 Å². The molecule has 1 saturated carbocycles. The van der Waals surface area contributed by atoms with Gasteiger partial charge in [0.05, 0.1) is 18.2 Å². The number of hydrogen-bond donors (Lipinski definition) is 2. The average Bonchev–Trinajstić information content (AvgIpc) is 2.84. The first-order valence-electron chi connectivity index (χ1n) is 9.44. The Bertz CT molecular complexity index is 833. The minimum atomic E-state index is -0.771. The van der Waals surface area contributed by atoms with E-state index in [1.54, 1.807) is 0 Å². The minimum absolute atomic E-state index is 0.00468. The van der Waals surface area contributed by atoms with Crippen molar-refractivity contribution in [1.82, 2.24) is 15.1 Å². The molecule has 0 aliphatic heterocycles. The summed E-state index contributed by atoms with van der Waals surface area (Å²) in [5, 5.41) is 16.5. The molecular weight excluding hydrogens is 342 g/mol. The van der Waals surface area contributed by atoms with Gasteiger partial charge in [0, 0.05) is 18.2 Å². The summed E-state index contributed by atoms with van der Waals surface area (Å²) >= 11 is 0. The van der Waals surface area contributed by atoms with Gasteiger partial charge in [-0.2, -0.15) is 5.10 Å². The maximum atomic E-state index is 12.2. The molecule has 1 aliphatic carbocycles. The number of aromatic nitrogens is 2. The lowest BCUT2D eigenvalue weighted by Crippen LogP contribution is -2.46. The number of aryl methyl sites for hydroxylation is 2. The fourth-order valence-corrected chi connectivity index (χ4v) is 3.59. The molecule has 1 aromatic carbocycles. The van der Waals surface area contributed by atoms with Crippen LogP contribution < -0.4 is 5.32 Å². The number of carbonyl (C=O) groups excluding carboxylic acids is 1. The van der Waals surface area contributed by atoms with Crippen molar-refractivity contribution >= 4 is 11.9 Å². The third-order valence-electron chi connectivity index (χ3n) is 5.44. The predicted octanol–water partition coefficient (Wildman–Crippen LogP) is 2.77. The van der Waals surface area contributed by atoms with Gasteiger partial charge in [-0.25, -0.2) is 0 Å². The van der Waals surface area contributed by atoms with Crippen LogP contribution in [-0.4, -0.2) is 32.8 Å². The lowest BCUT2D eigenvalue weighted by atomic mass is 9.80. The Morgan fingerprint density at radius 2 is 1.85 bits per heavy atom. The van der Waals surface area contributed by atoms with E-state index in [9.17, 15) is 9.59 Å². The van der Waals surface area contributed by atoms with Crippen molar-refractivity contribution < 1.29 is 14.7 Å². The molecule has 6 nitrogen and oxygen atoms in total. The van der Waals surface area contributed by atoms with Crippen LogP contribution in [0.15, 0.2) is 24.3 Å². The Labute approximate surface area is 159 Å². The fraction of sp³-hybridized carbons (Fsp3) is 0.476. The fourth-order valence-electron chi connectivity index (χ4n) is 3.59. The summed E-state index contributed by atoms with van der Waals surface area (Å²) in [4.78, 5) is 23.0. The highest BCUT2D eigenvalue weighted by Gasteiger charge is 2.35. The van der Waals surface area contributed by atoms with Gasteiger partial charge in [-0.15, -0.1) is 0 Å². The van der Waals surface area contributed by atoms with E-state index in [2.05, 4.69) is 41.6 Å². The molecule has 1 heterocycles. The molecule has 144 valence electrons. The number of carbonyl (C=O) groups is 2. The number of nitrogens with zero attached hydrogens (tertiary/aromatic N) is 2. The minimum Gasteiger partial charge on any atom is -0.481 e. The molecule has 6 heteroatoms. The topological polar surface area (TPSA) is 84.2 Å². The highest BCUT2D eigenvalue weighted by molar-refractivity contribution is 5.77. The number of benzene rings is 1. The van der Waals surface area contributed by atoms with E-state index in [0.29, 0.717) is 25.7 Å². The van der Waals surface area contributed by atoms with Crippen molar-refractivity contribution in [1.29, 1.82) is 0 Å². The molecule has 0 spiro atoms. The van der Waals surface area contributed by atoms with E-state index in [1.807, 2.05) is 18.5 Å².